The highest BCUT2D eigenvalue weighted by Gasteiger charge is 2.22. The van der Waals surface area contributed by atoms with E-state index in [1.54, 1.807) is 0 Å². The van der Waals surface area contributed by atoms with E-state index in [1.165, 1.54) is 5.56 Å². The van der Waals surface area contributed by atoms with Crippen molar-refractivity contribution >= 4 is 11.6 Å². The molecule has 0 amide bonds. The molecule has 0 fully saturated rings. The lowest BCUT2D eigenvalue weighted by atomic mass is 9.86. The van der Waals surface area contributed by atoms with Gasteiger partial charge in [0.15, 0.2) is 0 Å². The number of halogens is 1. The summed E-state index contributed by atoms with van der Waals surface area (Å²) in [5, 5.41) is 0. The molecule has 14 heavy (non-hydrogen) atoms. The predicted molar refractivity (Wildman–Crippen MR) is 61.4 cm³/mol. The molecule has 78 valence electrons. The van der Waals surface area contributed by atoms with Crippen molar-refractivity contribution in [2.45, 2.75) is 26.2 Å². The molecule has 0 aromatic heterocycles. The summed E-state index contributed by atoms with van der Waals surface area (Å²) < 4.78 is 5.57. The van der Waals surface area contributed by atoms with E-state index in [0.717, 1.165) is 5.75 Å². The van der Waals surface area contributed by atoms with Crippen LogP contribution in [0.3, 0.4) is 0 Å². The van der Waals surface area contributed by atoms with Crippen LogP contribution in [0.5, 0.6) is 5.75 Å². The van der Waals surface area contributed by atoms with Gasteiger partial charge < -0.3 is 4.74 Å². The molecule has 1 aromatic rings. The van der Waals surface area contributed by atoms with E-state index in [4.69, 9.17) is 16.3 Å². The minimum Gasteiger partial charge on any atom is -0.494 e. The van der Waals surface area contributed by atoms with Crippen molar-refractivity contribution in [2.24, 2.45) is 0 Å². The summed E-state index contributed by atoms with van der Waals surface area (Å²) in [5.74, 6) is 1.54. The second-order valence-electron chi connectivity index (χ2n) is 3.95. The standard InChI is InChI=1S/C12H17ClO/c1-4-14-11-8-6-5-7-10(11)12(2,3)9-13/h5-8H,4,9H2,1-3H3. The third kappa shape index (κ3) is 2.42. The number of alkyl halides is 1. The minimum absolute atomic E-state index is 0.0344. The third-order valence-corrected chi connectivity index (χ3v) is 2.92. The van der Waals surface area contributed by atoms with E-state index in [0.29, 0.717) is 12.5 Å². The highest BCUT2D eigenvalue weighted by atomic mass is 35.5. The predicted octanol–water partition coefficient (Wildman–Crippen LogP) is 3.60. The van der Waals surface area contributed by atoms with Crippen LogP contribution in [-0.4, -0.2) is 12.5 Å². The van der Waals surface area contributed by atoms with Crippen molar-refractivity contribution in [3.8, 4) is 5.75 Å². The lowest BCUT2D eigenvalue weighted by molar-refractivity contribution is 0.330. The molecular weight excluding hydrogens is 196 g/mol. The Balaban J connectivity index is 3.06. The average Bonchev–Trinajstić information content (AvgIpc) is 2.19. The molecule has 1 rings (SSSR count). The molecule has 1 nitrogen and oxygen atoms in total. The van der Waals surface area contributed by atoms with Gasteiger partial charge in [-0.15, -0.1) is 11.6 Å². The van der Waals surface area contributed by atoms with Gasteiger partial charge in [-0.1, -0.05) is 32.0 Å². The molecule has 0 saturated heterocycles. The molecular formula is C12H17ClO. The molecule has 0 unspecified atom stereocenters. The monoisotopic (exact) mass is 212 g/mol. The Kier molecular flexibility index (Phi) is 3.82. The van der Waals surface area contributed by atoms with Gasteiger partial charge in [0.05, 0.1) is 6.61 Å². The van der Waals surface area contributed by atoms with Gasteiger partial charge in [0.2, 0.25) is 0 Å². The maximum Gasteiger partial charge on any atom is 0.123 e. The van der Waals surface area contributed by atoms with Crippen molar-refractivity contribution in [1.82, 2.24) is 0 Å². The first-order chi connectivity index (χ1) is 6.61. The van der Waals surface area contributed by atoms with Gasteiger partial charge in [-0.25, -0.2) is 0 Å². The molecule has 0 radical (unpaired) electrons. The van der Waals surface area contributed by atoms with Gasteiger partial charge in [0.25, 0.3) is 0 Å². The second kappa shape index (κ2) is 4.70. The van der Waals surface area contributed by atoms with E-state index in [1.807, 2.05) is 25.1 Å². The Bertz CT molecular complexity index is 294. The zero-order valence-corrected chi connectivity index (χ0v) is 9.77. The SMILES string of the molecule is CCOc1ccccc1C(C)(C)CCl. The maximum absolute atomic E-state index is 5.94. The lowest BCUT2D eigenvalue weighted by Crippen LogP contribution is -2.20. The van der Waals surface area contributed by atoms with E-state index in [2.05, 4.69) is 19.9 Å². The Morgan fingerprint density at radius 3 is 2.50 bits per heavy atom. The highest BCUT2D eigenvalue weighted by molar-refractivity contribution is 6.18. The largest absolute Gasteiger partial charge is 0.494 e. The third-order valence-electron chi connectivity index (χ3n) is 2.25. The van der Waals surface area contributed by atoms with Crippen molar-refractivity contribution < 1.29 is 4.74 Å². The van der Waals surface area contributed by atoms with Crippen molar-refractivity contribution in [1.29, 1.82) is 0 Å². The summed E-state index contributed by atoms with van der Waals surface area (Å²) in [7, 11) is 0. The minimum atomic E-state index is -0.0344. The summed E-state index contributed by atoms with van der Waals surface area (Å²) in [6.45, 7) is 6.93. The van der Waals surface area contributed by atoms with Gasteiger partial charge in [-0.3, -0.25) is 0 Å². The topological polar surface area (TPSA) is 9.23 Å². The smallest absolute Gasteiger partial charge is 0.123 e. The fourth-order valence-electron chi connectivity index (χ4n) is 1.38. The first-order valence-corrected chi connectivity index (χ1v) is 5.43. The molecule has 1 aromatic carbocycles. The summed E-state index contributed by atoms with van der Waals surface area (Å²) in [6, 6.07) is 8.07. The van der Waals surface area contributed by atoms with Gasteiger partial charge in [0, 0.05) is 16.9 Å². The van der Waals surface area contributed by atoms with Gasteiger partial charge >= 0.3 is 0 Å². The molecule has 0 spiro atoms. The molecule has 0 aliphatic heterocycles. The van der Waals surface area contributed by atoms with Crippen LogP contribution in [0.2, 0.25) is 0 Å². The number of benzene rings is 1. The summed E-state index contributed by atoms with van der Waals surface area (Å²) in [4.78, 5) is 0. The van der Waals surface area contributed by atoms with Gasteiger partial charge in [-0.05, 0) is 13.0 Å². The molecule has 0 heterocycles. The van der Waals surface area contributed by atoms with Crippen LogP contribution in [0.4, 0.5) is 0 Å². The fraction of sp³-hybridized carbons (Fsp3) is 0.500. The fourth-order valence-corrected chi connectivity index (χ4v) is 1.52. The first-order valence-electron chi connectivity index (χ1n) is 4.90. The quantitative estimate of drug-likeness (QED) is 0.693. The van der Waals surface area contributed by atoms with Gasteiger partial charge in [-0.2, -0.15) is 0 Å². The summed E-state index contributed by atoms with van der Waals surface area (Å²) >= 11 is 5.94. The normalized spacial score (nSPS) is 11.4. The second-order valence-corrected chi connectivity index (χ2v) is 4.21. The van der Waals surface area contributed by atoms with Crippen LogP contribution in [-0.2, 0) is 5.41 Å². The summed E-state index contributed by atoms with van der Waals surface area (Å²) in [6.07, 6.45) is 0. The number of hydrogen-bond donors (Lipinski definition) is 0. The van der Waals surface area contributed by atoms with E-state index >= 15 is 0 Å². The zero-order valence-electron chi connectivity index (χ0n) is 9.01. The molecule has 0 aliphatic rings. The molecule has 0 saturated carbocycles. The van der Waals surface area contributed by atoms with Crippen LogP contribution in [0.1, 0.15) is 26.3 Å². The molecule has 0 aliphatic carbocycles. The highest BCUT2D eigenvalue weighted by Crippen LogP contribution is 2.32. The van der Waals surface area contributed by atoms with Crippen LogP contribution >= 0.6 is 11.6 Å². The Morgan fingerprint density at radius 1 is 1.29 bits per heavy atom. The van der Waals surface area contributed by atoms with E-state index in [9.17, 15) is 0 Å². The molecule has 0 bridgehead atoms. The number of rotatable bonds is 4. The first kappa shape index (κ1) is 11.4. The van der Waals surface area contributed by atoms with Crippen molar-refractivity contribution in [2.75, 3.05) is 12.5 Å². The van der Waals surface area contributed by atoms with Crippen LogP contribution in [0.15, 0.2) is 24.3 Å². The Labute approximate surface area is 91.0 Å². The van der Waals surface area contributed by atoms with Crippen LogP contribution in [0, 0.1) is 0 Å². The maximum atomic E-state index is 5.94. The zero-order chi connectivity index (χ0) is 10.6. The number of hydrogen-bond acceptors (Lipinski definition) is 1. The number of ether oxygens (including phenoxy) is 1. The average molecular weight is 213 g/mol. The lowest BCUT2D eigenvalue weighted by Gasteiger charge is -2.24. The Hall–Kier alpha value is -0.690. The van der Waals surface area contributed by atoms with Crippen molar-refractivity contribution in [3.05, 3.63) is 29.8 Å². The van der Waals surface area contributed by atoms with E-state index < -0.39 is 0 Å². The molecule has 0 atom stereocenters. The molecule has 0 N–H and O–H groups in total. The molecule has 2 heteroatoms. The Morgan fingerprint density at radius 2 is 1.93 bits per heavy atom. The van der Waals surface area contributed by atoms with Gasteiger partial charge in [0.1, 0.15) is 5.75 Å². The van der Waals surface area contributed by atoms with Crippen LogP contribution in [0.25, 0.3) is 0 Å². The van der Waals surface area contributed by atoms with E-state index in [-0.39, 0.29) is 5.41 Å². The van der Waals surface area contributed by atoms with Crippen molar-refractivity contribution in [3.63, 3.8) is 0 Å². The van der Waals surface area contributed by atoms with Crippen LogP contribution < -0.4 is 4.74 Å². The number of para-hydroxylation sites is 1. The summed E-state index contributed by atoms with van der Waals surface area (Å²) in [5.41, 5.74) is 1.14.